The lowest BCUT2D eigenvalue weighted by Crippen LogP contribution is -2.51. The molecule has 8 nitrogen and oxygen atoms in total. The average molecular weight is 499 g/mol. The molecule has 35 heavy (non-hydrogen) atoms. The molecule has 1 amide bonds. The topological polar surface area (TPSA) is 73.4 Å². The molecule has 4 rings (SSSR count). The van der Waals surface area contributed by atoms with Crippen molar-refractivity contribution in [2.45, 2.75) is 6.54 Å². The fraction of sp³-hybridized carbons (Fsp3) is 0.423. The summed E-state index contributed by atoms with van der Waals surface area (Å²) >= 11 is 0. The summed E-state index contributed by atoms with van der Waals surface area (Å²) in [6.07, 6.45) is 1.61. The van der Waals surface area contributed by atoms with Crippen LogP contribution in [0, 0.1) is 0 Å². The Morgan fingerprint density at radius 2 is 1.60 bits per heavy atom. The number of hydrogen-bond acceptors (Lipinski definition) is 6. The summed E-state index contributed by atoms with van der Waals surface area (Å²) in [5.74, 6) is 0.0215. The van der Waals surface area contributed by atoms with E-state index >= 15 is 0 Å². The van der Waals surface area contributed by atoms with E-state index in [1.54, 1.807) is 11.0 Å². The Bertz CT molecular complexity index is 1110. The second-order valence-electron chi connectivity index (χ2n) is 8.94. The maximum Gasteiger partial charge on any atom is 0.236 e. The summed E-state index contributed by atoms with van der Waals surface area (Å²) in [6, 6.07) is 17.7. The van der Waals surface area contributed by atoms with Gasteiger partial charge in [-0.25, -0.2) is 8.42 Å². The van der Waals surface area contributed by atoms with Crippen LogP contribution in [-0.2, 0) is 26.1 Å². The van der Waals surface area contributed by atoms with E-state index in [-0.39, 0.29) is 12.5 Å². The quantitative estimate of drug-likeness (QED) is 0.555. The molecule has 0 radical (unpaired) electrons. The van der Waals surface area contributed by atoms with E-state index in [9.17, 15) is 13.2 Å². The molecular weight excluding hydrogens is 464 g/mol. The third-order valence-corrected chi connectivity index (χ3v) is 7.94. The highest BCUT2D eigenvalue weighted by atomic mass is 32.2. The predicted molar refractivity (Wildman–Crippen MR) is 138 cm³/mol. The highest BCUT2D eigenvalue weighted by molar-refractivity contribution is 7.92. The van der Waals surface area contributed by atoms with E-state index in [1.165, 1.54) is 21.0 Å². The van der Waals surface area contributed by atoms with Crippen molar-refractivity contribution in [3.05, 3.63) is 71.1 Å². The molecule has 0 unspecified atom stereocenters. The number of sulfonamides is 1. The standard InChI is InChI=1S/C26H34N4O4S/c1-27(21-24-9-5-6-10-25(24)28-16-18-34-19-17-28)22-26(31)29-12-14-30(15-13-29)35(32,33)20-11-23-7-3-2-4-8-23/h2-11,20H,12-19,21-22H2,1H3. The van der Waals surface area contributed by atoms with Gasteiger partial charge in [-0.05, 0) is 30.3 Å². The molecule has 0 atom stereocenters. The van der Waals surface area contributed by atoms with Crippen LogP contribution in [0.2, 0.25) is 0 Å². The first-order valence-electron chi connectivity index (χ1n) is 12.0. The fourth-order valence-electron chi connectivity index (χ4n) is 4.44. The zero-order valence-corrected chi connectivity index (χ0v) is 21.1. The summed E-state index contributed by atoms with van der Waals surface area (Å²) in [4.78, 5) is 19.0. The molecule has 0 aromatic heterocycles. The second kappa shape index (κ2) is 11.8. The molecule has 9 heteroatoms. The van der Waals surface area contributed by atoms with E-state index in [0.29, 0.717) is 32.7 Å². The van der Waals surface area contributed by atoms with E-state index < -0.39 is 10.0 Å². The van der Waals surface area contributed by atoms with Gasteiger partial charge in [0, 0.05) is 56.9 Å². The first-order chi connectivity index (χ1) is 16.9. The van der Waals surface area contributed by atoms with Crippen LogP contribution in [0.4, 0.5) is 5.69 Å². The molecule has 0 aliphatic carbocycles. The summed E-state index contributed by atoms with van der Waals surface area (Å²) in [5.41, 5.74) is 3.21. The number of hydrogen-bond donors (Lipinski definition) is 0. The molecule has 188 valence electrons. The van der Waals surface area contributed by atoms with Crippen molar-refractivity contribution < 1.29 is 17.9 Å². The van der Waals surface area contributed by atoms with Gasteiger partial charge in [0.2, 0.25) is 15.9 Å². The minimum atomic E-state index is -3.52. The predicted octanol–water partition coefficient (Wildman–Crippen LogP) is 2.10. The number of carbonyl (C=O) groups excluding carboxylic acids is 1. The van der Waals surface area contributed by atoms with Gasteiger partial charge in [0.05, 0.1) is 19.8 Å². The molecule has 0 N–H and O–H groups in total. The molecular formula is C26H34N4O4S. The number of benzene rings is 2. The highest BCUT2D eigenvalue weighted by Crippen LogP contribution is 2.23. The van der Waals surface area contributed by atoms with E-state index in [1.807, 2.05) is 54.4 Å². The fourth-order valence-corrected chi connectivity index (χ4v) is 5.62. The van der Waals surface area contributed by atoms with Crippen LogP contribution >= 0.6 is 0 Å². The van der Waals surface area contributed by atoms with Gasteiger partial charge in [-0.15, -0.1) is 0 Å². The Balaban J connectivity index is 1.28. The molecule has 0 saturated carbocycles. The summed E-state index contributed by atoms with van der Waals surface area (Å²) < 4.78 is 32.3. The lowest BCUT2D eigenvalue weighted by atomic mass is 10.1. The van der Waals surface area contributed by atoms with Gasteiger partial charge >= 0.3 is 0 Å². The number of carbonyl (C=O) groups is 1. The number of rotatable bonds is 8. The van der Waals surface area contributed by atoms with Gasteiger partial charge in [0.1, 0.15) is 0 Å². The minimum absolute atomic E-state index is 0.0215. The Morgan fingerprint density at radius 1 is 0.943 bits per heavy atom. The first kappa shape index (κ1) is 25.4. The number of nitrogens with zero attached hydrogens (tertiary/aromatic N) is 4. The van der Waals surface area contributed by atoms with Gasteiger partial charge in [-0.1, -0.05) is 48.5 Å². The van der Waals surface area contributed by atoms with Crippen molar-refractivity contribution in [1.82, 2.24) is 14.1 Å². The molecule has 2 aromatic carbocycles. The van der Waals surface area contributed by atoms with Crippen LogP contribution < -0.4 is 4.90 Å². The van der Waals surface area contributed by atoms with E-state index in [4.69, 9.17) is 4.74 Å². The highest BCUT2D eigenvalue weighted by Gasteiger charge is 2.28. The van der Waals surface area contributed by atoms with Crippen LogP contribution in [0.25, 0.3) is 6.08 Å². The molecule has 0 bridgehead atoms. The zero-order chi connectivity index (χ0) is 24.7. The van der Waals surface area contributed by atoms with Crippen LogP contribution in [0.15, 0.2) is 60.0 Å². The molecule has 2 saturated heterocycles. The zero-order valence-electron chi connectivity index (χ0n) is 20.3. The molecule has 2 aromatic rings. The number of ether oxygens (including phenoxy) is 1. The largest absolute Gasteiger partial charge is 0.378 e. The first-order valence-corrected chi connectivity index (χ1v) is 13.5. The summed E-state index contributed by atoms with van der Waals surface area (Å²) in [7, 11) is -1.57. The number of amides is 1. The lowest BCUT2D eigenvalue weighted by Gasteiger charge is -2.34. The van der Waals surface area contributed by atoms with Crippen molar-refractivity contribution in [3.8, 4) is 0 Å². The van der Waals surface area contributed by atoms with Crippen LogP contribution in [0.1, 0.15) is 11.1 Å². The maximum absolute atomic E-state index is 12.9. The molecule has 2 heterocycles. The number of morpholine rings is 1. The van der Waals surface area contributed by atoms with Crippen LogP contribution in [0.3, 0.4) is 0 Å². The molecule has 0 spiro atoms. The number of para-hydroxylation sites is 1. The normalized spacial score (nSPS) is 17.9. The number of piperazine rings is 1. The summed E-state index contributed by atoms with van der Waals surface area (Å²) in [6.45, 7) is 5.55. The maximum atomic E-state index is 12.9. The molecule has 2 aliphatic heterocycles. The van der Waals surface area contributed by atoms with Crippen molar-refractivity contribution in [2.75, 3.05) is 71.0 Å². The van der Waals surface area contributed by atoms with Gasteiger partial charge in [0.15, 0.2) is 0 Å². The number of likely N-dealkylation sites (N-methyl/N-ethyl adjacent to an activating group) is 1. The van der Waals surface area contributed by atoms with Crippen molar-refractivity contribution in [3.63, 3.8) is 0 Å². The van der Waals surface area contributed by atoms with Crippen molar-refractivity contribution >= 4 is 27.7 Å². The third-order valence-electron chi connectivity index (χ3n) is 6.37. The Kier molecular flexibility index (Phi) is 8.56. The van der Waals surface area contributed by atoms with Crippen LogP contribution in [-0.4, -0.2) is 94.5 Å². The molecule has 2 fully saturated rings. The number of anilines is 1. The smallest absolute Gasteiger partial charge is 0.236 e. The second-order valence-corrected chi connectivity index (χ2v) is 10.8. The molecule has 2 aliphatic rings. The van der Waals surface area contributed by atoms with Gasteiger partial charge in [-0.2, -0.15) is 4.31 Å². The summed E-state index contributed by atoms with van der Waals surface area (Å²) in [5, 5.41) is 1.25. The van der Waals surface area contributed by atoms with Gasteiger partial charge in [-0.3, -0.25) is 9.69 Å². The minimum Gasteiger partial charge on any atom is -0.378 e. The Hall–Kier alpha value is -2.72. The van der Waals surface area contributed by atoms with Gasteiger partial charge < -0.3 is 14.5 Å². The monoisotopic (exact) mass is 498 g/mol. The SMILES string of the molecule is CN(CC(=O)N1CCN(S(=O)(=O)C=Cc2ccccc2)CC1)Cc1ccccc1N1CCOCC1. The third kappa shape index (κ3) is 6.91. The van der Waals surface area contributed by atoms with Crippen molar-refractivity contribution in [2.24, 2.45) is 0 Å². The Labute approximate surface area is 208 Å². The Morgan fingerprint density at radius 3 is 2.31 bits per heavy atom. The van der Waals surface area contributed by atoms with Gasteiger partial charge in [0.25, 0.3) is 0 Å². The van der Waals surface area contributed by atoms with E-state index in [0.717, 1.165) is 31.9 Å². The van der Waals surface area contributed by atoms with E-state index in [2.05, 4.69) is 17.0 Å². The van der Waals surface area contributed by atoms with Crippen molar-refractivity contribution in [1.29, 1.82) is 0 Å². The average Bonchev–Trinajstić information content (AvgIpc) is 2.89. The van der Waals surface area contributed by atoms with Crippen LogP contribution in [0.5, 0.6) is 0 Å². The lowest BCUT2D eigenvalue weighted by molar-refractivity contribution is -0.133.